The van der Waals surface area contributed by atoms with Gasteiger partial charge in [0.25, 0.3) is 0 Å². The van der Waals surface area contributed by atoms with E-state index < -0.39 is 11.4 Å². The molecule has 2 N–H and O–H groups in total. The summed E-state index contributed by atoms with van der Waals surface area (Å²) < 4.78 is 16.2. The Balaban J connectivity index is 4.12. The van der Waals surface area contributed by atoms with Gasteiger partial charge in [-0.3, -0.25) is 0 Å². The molecule has 0 aliphatic carbocycles. The van der Waals surface area contributed by atoms with Crippen LogP contribution in [0.2, 0.25) is 0 Å². The number of aliphatic hydroxyl groups excluding tert-OH is 2. The van der Waals surface area contributed by atoms with E-state index in [2.05, 4.69) is 4.74 Å². The van der Waals surface area contributed by atoms with Crippen LogP contribution < -0.4 is 0 Å². The normalized spacial score (nSPS) is 12.0. The molecule has 0 saturated heterocycles. The molecule has 0 spiro atoms. The molecule has 0 atom stereocenters. The van der Waals surface area contributed by atoms with Crippen molar-refractivity contribution in [3.63, 3.8) is 0 Å². The van der Waals surface area contributed by atoms with Gasteiger partial charge in [0, 0.05) is 0 Å². The van der Waals surface area contributed by atoms with Crippen LogP contribution in [0.1, 0.15) is 13.3 Å². The van der Waals surface area contributed by atoms with Crippen molar-refractivity contribution in [2.24, 2.45) is 5.41 Å². The third-order valence-corrected chi connectivity index (χ3v) is 2.14. The van der Waals surface area contributed by atoms with E-state index in [-0.39, 0.29) is 26.2 Å². The zero-order valence-electron chi connectivity index (χ0n) is 8.07. The summed E-state index contributed by atoms with van der Waals surface area (Å²) in [5.74, 6) is -0.827. The van der Waals surface area contributed by atoms with Crippen LogP contribution >= 0.6 is 0 Å². The number of esters is 1. The molecule has 0 saturated carbocycles. The molecule has 0 aliphatic rings. The summed E-state index contributed by atoms with van der Waals surface area (Å²) in [6.45, 7) is 1.06. The van der Waals surface area contributed by atoms with Crippen molar-refractivity contribution in [1.82, 2.24) is 0 Å². The number of carbonyl (C=O) groups is 1. The first-order valence-corrected chi connectivity index (χ1v) is 4.29. The van der Waals surface area contributed by atoms with Crippen molar-refractivity contribution in [3.8, 4) is 0 Å². The Morgan fingerprint density at radius 3 is 2.43 bits per heavy atom. The predicted octanol–water partition coefficient (Wildman–Crippen LogP) is 0.394. The summed E-state index contributed by atoms with van der Waals surface area (Å²) in [6, 6.07) is 0. The van der Waals surface area contributed by atoms with Gasteiger partial charge in [0.15, 0.2) is 0 Å². The quantitative estimate of drug-likeness (QED) is 0.487. The van der Waals surface area contributed by atoms with Crippen LogP contribution in [0.4, 0.5) is 4.39 Å². The summed E-state index contributed by atoms with van der Waals surface area (Å²) in [7, 11) is 0. The second-order valence-corrected chi connectivity index (χ2v) is 3.07. The molecule has 14 heavy (non-hydrogen) atoms. The molecule has 0 amide bonds. The molecule has 0 aromatic rings. The van der Waals surface area contributed by atoms with E-state index in [1.165, 1.54) is 0 Å². The van der Waals surface area contributed by atoms with Crippen molar-refractivity contribution in [1.29, 1.82) is 0 Å². The van der Waals surface area contributed by atoms with E-state index in [1.807, 2.05) is 0 Å². The van der Waals surface area contributed by atoms with Crippen LogP contribution in [0, 0.1) is 5.41 Å². The third-order valence-electron chi connectivity index (χ3n) is 2.14. The second-order valence-electron chi connectivity index (χ2n) is 3.07. The number of aliphatic hydroxyl groups is 2. The fourth-order valence-electron chi connectivity index (χ4n) is 0.791. The molecular formula is C9H15FO4. The topological polar surface area (TPSA) is 66.8 Å². The second kappa shape index (κ2) is 6.50. The van der Waals surface area contributed by atoms with Crippen LogP contribution in [-0.2, 0) is 9.53 Å². The Morgan fingerprint density at radius 2 is 2.07 bits per heavy atom. The molecule has 0 unspecified atom stereocenters. The molecule has 5 heteroatoms. The lowest BCUT2D eigenvalue weighted by Crippen LogP contribution is -2.35. The maximum Gasteiger partial charge on any atom is 0.333 e. The summed E-state index contributed by atoms with van der Waals surface area (Å²) in [5, 5.41) is 18.0. The zero-order chi connectivity index (χ0) is 11.0. The largest absolute Gasteiger partial charge is 0.462 e. The third kappa shape index (κ3) is 3.85. The molecular weight excluding hydrogens is 191 g/mol. The lowest BCUT2D eigenvalue weighted by Gasteiger charge is -2.27. The fraction of sp³-hybridized carbons (Fsp3) is 0.667. The number of halogens is 1. The van der Waals surface area contributed by atoms with Gasteiger partial charge in [-0.1, -0.05) is 6.92 Å². The van der Waals surface area contributed by atoms with Crippen molar-refractivity contribution in [3.05, 3.63) is 12.4 Å². The first kappa shape index (κ1) is 13.1. The molecule has 0 aromatic heterocycles. The standard InChI is InChI=1S/C9H15FO4/c1-2-9(5-11,6-12)7-14-8(13)3-4-10/h3-4,11-12H,2,5-7H2,1H3. The minimum atomic E-state index is -0.834. The van der Waals surface area contributed by atoms with E-state index >= 15 is 0 Å². The van der Waals surface area contributed by atoms with E-state index in [1.54, 1.807) is 6.92 Å². The number of hydrogen-bond acceptors (Lipinski definition) is 4. The van der Waals surface area contributed by atoms with Gasteiger partial charge in [0.05, 0.1) is 31.0 Å². The Hall–Kier alpha value is -0.940. The molecule has 0 radical (unpaired) electrons. The van der Waals surface area contributed by atoms with Crippen LogP contribution in [0.15, 0.2) is 12.4 Å². The van der Waals surface area contributed by atoms with Gasteiger partial charge in [-0.2, -0.15) is 0 Å². The van der Waals surface area contributed by atoms with Crippen molar-refractivity contribution in [2.45, 2.75) is 13.3 Å². The molecule has 0 fully saturated rings. The maximum atomic E-state index is 11.5. The molecule has 0 heterocycles. The Kier molecular flexibility index (Phi) is 6.07. The average Bonchev–Trinajstić information content (AvgIpc) is 2.21. The van der Waals surface area contributed by atoms with Crippen LogP contribution in [0.3, 0.4) is 0 Å². The fourth-order valence-corrected chi connectivity index (χ4v) is 0.791. The van der Waals surface area contributed by atoms with E-state index in [9.17, 15) is 9.18 Å². The smallest absolute Gasteiger partial charge is 0.333 e. The number of ether oxygens (including phenoxy) is 1. The van der Waals surface area contributed by atoms with E-state index in [0.717, 1.165) is 0 Å². The van der Waals surface area contributed by atoms with Crippen LogP contribution in [0.25, 0.3) is 0 Å². The zero-order valence-corrected chi connectivity index (χ0v) is 8.07. The number of carbonyl (C=O) groups excluding carboxylic acids is 1. The highest BCUT2D eigenvalue weighted by molar-refractivity contribution is 5.81. The minimum Gasteiger partial charge on any atom is -0.462 e. The molecule has 82 valence electrons. The first-order valence-electron chi connectivity index (χ1n) is 4.29. The molecule has 0 bridgehead atoms. The summed E-state index contributed by atoms with van der Waals surface area (Å²) >= 11 is 0. The maximum absolute atomic E-state index is 11.5. The average molecular weight is 206 g/mol. The summed E-state index contributed by atoms with van der Waals surface area (Å²) in [4.78, 5) is 10.7. The highest BCUT2D eigenvalue weighted by Gasteiger charge is 2.28. The van der Waals surface area contributed by atoms with Gasteiger partial charge in [0.1, 0.15) is 6.61 Å². The molecule has 4 nitrogen and oxygen atoms in total. The Labute approximate surface area is 82.0 Å². The van der Waals surface area contributed by atoms with E-state index in [0.29, 0.717) is 12.5 Å². The van der Waals surface area contributed by atoms with Crippen molar-refractivity contribution in [2.75, 3.05) is 19.8 Å². The molecule has 0 rings (SSSR count). The summed E-state index contributed by atoms with van der Waals surface area (Å²) in [5.41, 5.74) is -0.834. The lowest BCUT2D eigenvalue weighted by atomic mass is 9.88. The van der Waals surface area contributed by atoms with Gasteiger partial charge >= 0.3 is 5.97 Å². The van der Waals surface area contributed by atoms with Gasteiger partial charge in [-0.05, 0) is 6.42 Å². The highest BCUT2D eigenvalue weighted by atomic mass is 19.1. The molecule has 0 aliphatic heterocycles. The number of hydrogen-bond donors (Lipinski definition) is 2. The SMILES string of the molecule is CCC(CO)(CO)COC(=O)C=CF. The Morgan fingerprint density at radius 1 is 1.50 bits per heavy atom. The predicted molar refractivity (Wildman–Crippen MR) is 48.1 cm³/mol. The minimum absolute atomic E-state index is 0.0772. The Bertz CT molecular complexity index is 191. The van der Waals surface area contributed by atoms with Crippen LogP contribution in [-0.4, -0.2) is 36.0 Å². The van der Waals surface area contributed by atoms with Gasteiger partial charge in [0.2, 0.25) is 0 Å². The van der Waals surface area contributed by atoms with Gasteiger partial charge in [-0.15, -0.1) is 0 Å². The van der Waals surface area contributed by atoms with E-state index in [4.69, 9.17) is 10.2 Å². The highest BCUT2D eigenvalue weighted by Crippen LogP contribution is 2.20. The summed E-state index contributed by atoms with van der Waals surface area (Å²) in [6.07, 6.45) is 1.18. The van der Waals surface area contributed by atoms with Crippen molar-refractivity contribution < 1.29 is 24.1 Å². The van der Waals surface area contributed by atoms with Gasteiger partial charge in [-0.25, -0.2) is 9.18 Å². The molecule has 0 aromatic carbocycles. The first-order chi connectivity index (χ1) is 6.64. The van der Waals surface area contributed by atoms with Crippen LogP contribution in [0.5, 0.6) is 0 Å². The van der Waals surface area contributed by atoms with Crippen molar-refractivity contribution >= 4 is 5.97 Å². The van der Waals surface area contributed by atoms with Gasteiger partial charge < -0.3 is 14.9 Å². The monoisotopic (exact) mass is 206 g/mol. The lowest BCUT2D eigenvalue weighted by molar-refractivity contribution is -0.143. The number of rotatable bonds is 6.